The molecule has 1 aliphatic rings. The Labute approximate surface area is 75.0 Å². The molecule has 2 heteroatoms. The molecule has 0 radical (unpaired) electrons. The van der Waals surface area contributed by atoms with E-state index in [1.807, 2.05) is 0 Å². The third-order valence-corrected chi connectivity index (χ3v) is 2.14. The van der Waals surface area contributed by atoms with E-state index < -0.39 is 5.97 Å². The molecule has 1 aliphatic carbocycles. The minimum Gasteiger partial charge on any atom is -0.481 e. The maximum Gasteiger partial charge on any atom is 0.305 e. The monoisotopic (exact) mass is 172 g/mol. The quantitative estimate of drug-likeness (QED) is 0.660. The summed E-state index contributed by atoms with van der Waals surface area (Å²) in [5.74, 6) is 0.0741. The highest BCUT2D eigenvalue weighted by atomic mass is 16.4. The first-order chi connectivity index (χ1) is 5.54. The summed E-state index contributed by atoms with van der Waals surface area (Å²) < 4.78 is 0. The largest absolute Gasteiger partial charge is 0.481 e. The van der Waals surface area contributed by atoms with Crippen LogP contribution in [0.3, 0.4) is 0 Å². The maximum atomic E-state index is 9.70. The van der Waals surface area contributed by atoms with E-state index in [1.165, 1.54) is 25.7 Å². The van der Waals surface area contributed by atoms with Crippen molar-refractivity contribution in [2.24, 2.45) is 11.8 Å². The van der Waals surface area contributed by atoms with E-state index in [1.54, 1.807) is 13.8 Å². The number of hydrogen-bond donors (Lipinski definition) is 1. The van der Waals surface area contributed by atoms with Crippen LogP contribution in [0.5, 0.6) is 0 Å². The lowest BCUT2D eigenvalue weighted by molar-refractivity contribution is -0.140. The average molecular weight is 172 g/mol. The molecule has 0 aromatic rings. The Morgan fingerprint density at radius 1 is 1.33 bits per heavy atom. The molecule has 0 atom stereocenters. The Balaban J connectivity index is 0.000000202. The summed E-state index contributed by atoms with van der Waals surface area (Å²) in [4.78, 5) is 9.70. The first-order valence-corrected chi connectivity index (χ1v) is 4.76. The lowest BCUT2D eigenvalue weighted by Gasteiger charge is -1.91. The van der Waals surface area contributed by atoms with Gasteiger partial charge in [-0.15, -0.1) is 0 Å². The van der Waals surface area contributed by atoms with E-state index in [4.69, 9.17) is 5.11 Å². The van der Waals surface area contributed by atoms with Crippen LogP contribution in [-0.2, 0) is 4.79 Å². The molecular formula is C10H20O2. The summed E-state index contributed by atoms with van der Waals surface area (Å²) in [5, 5.41) is 7.99. The number of aliphatic carboxylic acids is 1. The fourth-order valence-corrected chi connectivity index (χ4v) is 1.13. The molecule has 0 heterocycles. The second-order valence-electron chi connectivity index (χ2n) is 3.88. The van der Waals surface area contributed by atoms with Gasteiger partial charge in [-0.25, -0.2) is 0 Å². The van der Waals surface area contributed by atoms with Crippen molar-refractivity contribution < 1.29 is 9.90 Å². The van der Waals surface area contributed by atoms with Crippen molar-refractivity contribution in [3.05, 3.63) is 0 Å². The molecule has 0 bridgehead atoms. The molecule has 1 N–H and O–H groups in total. The van der Waals surface area contributed by atoms with Crippen LogP contribution in [-0.4, -0.2) is 11.1 Å². The van der Waals surface area contributed by atoms with Crippen LogP contribution < -0.4 is 0 Å². The second kappa shape index (κ2) is 6.04. The standard InChI is InChI=1S/C6H12.C4H8O2/c1-6-4-2-3-5-6;1-3(2)4(5)6/h6H,2-5H2,1H3;3H,1-2H3,(H,5,6). The van der Waals surface area contributed by atoms with Crippen LogP contribution in [0, 0.1) is 11.8 Å². The third kappa shape index (κ3) is 6.20. The molecule has 12 heavy (non-hydrogen) atoms. The summed E-state index contributed by atoms with van der Waals surface area (Å²) in [6.45, 7) is 5.62. The van der Waals surface area contributed by atoms with Gasteiger partial charge >= 0.3 is 5.97 Å². The van der Waals surface area contributed by atoms with Crippen molar-refractivity contribution in [3.63, 3.8) is 0 Å². The van der Waals surface area contributed by atoms with Crippen LogP contribution in [0.4, 0.5) is 0 Å². The highest BCUT2D eigenvalue weighted by Crippen LogP contribution is 2.22. The molecule has 0 aromatic heterocycles. The summed E-state index contributed by atoms with van der Waals surface area (Å²) in [5.41, 5.74) is 0. The summed E-state index contributed by atoms with van der Waals surface area (Å²) in [6, 6.07) is 0. The molecule has 0 aliphatic heterocycles. The summed E-state index contributed by atoms with van der Waals surface area (Å²) in [6.07, 6.45) is 5.95. The van der Waals surface area contributed by atoms with Gasteiger partial charge in [0.25, 0.3) is 0 Å². The van der Waals surface area contributed by atoms with E-state index in [9.17, 15) is 4.79 Å². The zero-order valence-electron chi connectivity index (χ0n) is 8.34. The molecular weight excluding hydrogens is 152 g/mol. The van der Waals surface area contributed by atoms with Crippen LogP contribution >= 0.6 is 0 Å². The van der Waals surface area contributed by atoms with Crippen LogP contribution in [0.25, 0.3) is 0 Å². The first kappa shape index (κ1) is 11.5. The van der Waals surface area contributed by atoms with E-state index in [-0.39, 0.29) is 5.92 Å². The van der Waals surface area contributed by atoms with Crippen molar-refractivity contribution in [1.29, 1.82) is 0 Å². The van der Waals surface area contributed by atoms with Crippen LogP contribution in [0.15, 0.2) is 0 Å². The van der Waals surface area contributed by atoms with Crippen molar-refractivity contribution in [1.82, 2.24) is 0 Å². The Morgan fingerprint density at radius 2 is 1.67 bits per heavy atom. The van der Waals surface area contributed by atoms with Gasteiger partial charge in [0.15, 0.2) is 0 Å². The van der Waals surface area contributed by atoms with Gasteiger partial charge in [0, 0.05) is 0 Å². The fraction of sp³-hybridized carbons (Fsp3) is 0.900. The van der Waals surface area contributed by atoms with Crippen LogP contribution in [0.1, 0.15) is 46.5 Å². The summed E-state index contributed by atoms with van der Waals surface area (Å²) >= 11 is 0. The van der Waals surface area contributed by atoms with Crippen molar-refractivity contribution in [3.8, 4) is 0 Å². The normalized spacial score (nSPS) is 17.3. The summed E-state index contributed by atoms with van der Waals surface area (Å²) in [7, 11) is 0. The van der Waals surface area contributed by atoms with Crippen molar-refractivity contribution >= 4 is 5.97 Å². The lowest BCUT2D eigenvalue weighted by atomic mass is 10.2. The molecule has 1 saturated carbocycles. The SMILES string of the molecule is CC(C)C(=O)O.CC1CCCC1. The number of rotatable bonds is 1. The van der Waals surface area contributed by atoms with Gasteiger partial charge in [0.05, 0.1) is 5.92 Å². The molecule has 72 valence electrons. The number of carbonyl (C=O) groups is 1. The van der Waals surface area contributed by atoms with E-state index in [2.05, 4.69) is 6.92 Å². The number of hydrogen-bond acceptors (Lipinski definition) is 1. The number of carboxylic acids is 1. The Kier molecular flexibility index (Phi) is 5.77. The van der Waals surface area contributed by atoms with Gasteiger partial charge in [0.1, 0.15) is 0 Å². The van der Waals surface area contributed by atoms with E-state index in [0.29, 0.717) is 0 Å². The van der Waals surface area contributed by atoms with Gasteiger partial charge in [-0.1, -0.05) is 46.5 Å². The maximum absolute atomic E-state index is 9.70. The van der Waals surface area contributed by atoms with Gasteiger partial charge in [0.2, 0.25) is 0 Å². The minimum atomic E-state index is -0.741. The molecule has 0 amide bonds. The van der Waals surface area contributed by atoms with Gasteiger partial charge in [-0.2, -0.15) is 0 Å². The Morgan fingerprint density at radius 3 is 1.75 bits per heavy atom. The van der Waals surface area contributed by atoms with Crippen LogP contribution in [0.2, 0.25) is 0 Å². The van der Waals surface area contributed by atoms with E-state index >= 15 is 0 Å². The predicted molar refractivity (Wildman–Crippen MR) is 50.1 cm³/mol. The lowest BCUT2D eigenvalue weighted by Crippen LogP contribution is -2.03. The highest BCUT2D eigenvalue weighted by molar-refractivity contribution is 5.68. The highest BCUT2D eigenvalue weighted by Gasteiger charge is 2.07. The molecule has 1 fully saturated rings. The zero-order chi connectivity index (χ0) is 9.56. The zero-order valence-corrected chi connectivity index (χ0v) is 8.34. The first-order valence-electron chi connectivity index (χ1n) is 4.76. The van der Waals surface area contributed by atoms with Crippen molar-refractivity contribution in [2.45, 2.75) is 46.5 Å². The molecule has 2 nitrogen and oxygen atoms in total. The Hall–Kier alpha value is -0.530. The molecule has 0 unspecified atom stereocenters. The van der Waals surface area contributed by atoms with Crippen molar-refractivity contribution in [2.75, 3.05) is 0 Å². The molecule has 0 spiro atoms. The molecule has 0 saturated heterocycles. The topological polar surface area (TPSA) is 37.3 Å². The van der Waals surface area contributed by atoms with E-state index in [0.717, 1.165) is 5.92 Å². The predicted octanol–water partition coefficient (Wildman–Crippen LogP) is 2.92. The fourth-order valence-electron chi connectivity index (χ4n) is 1.13. The third-order valence-electron chi connectivity index (χ3n) is 2.14. The molecule has 0 aromatic carbocycles. The van der Waals surface area contributed by atoms with Gasteiger partial charge in [-0.3, -0.25) is 4.79 Å². The smallest absolute Gasteiger partial charge is 0.305 e. The minimum absolute atomic E-state index is 0.231. The number of carboxylic acid groups (broad SMARTS) is 1. The second-order valence-corrected chi connectivity index (χ2v) is 3.88. The van der Waals surface area contributed by atoms with Gasteiger partial charge < -0.3 is 5.11 Å². The Bertz CT molecular complexity index is 124. The average Bonchev–Trinajstić information content (AvgIpc) is 2.40. The van der Waals surface area contributed by atoms with Gasteiger partial charge in [-0.05, 0) is 5.92 Å². The molecule has 1 rings (SSSR count).